The number of amides is 2. The normalized spacial score (nSPS) is 12.7. The van der Waals surface area contributed by atoms with Crippen molar-refractivity contribution in [2.45, 2.75) is 38.0 Å². The summed E-state index contributed by atoms with van der Waals surface area (Å²) >= 11 is 0.0771. The molecule has 0 aliphatic rings. The van der Waals surface area contributed by atoms with Gasteiger partial charge in [-0.25, -0.2) is 0 Å². The van der Waals surface area contributed by atoms with E-state index in [9.17, 15) is 9.59 Å². The summed E-state index contributed by atoms with van der Waals surface area (Å²) < 4.78 is 2.27. The molecule has 0 unspecified atom stereocenters. The average molecular weight is 743 g/mol. The van der Waals surface area contributed by atoms with Gasteiger partial charge in [-0.2, -0.15) is 0 Å². The number of H-pyrrole nitrogens is 2. The number of hydrogen-bond acceptors (Lipinski definition) is 4. The van der Waals surface area contributed by atoms with Crippen LogP contribution < -0.4 is 31.3 Å². The minimum absolute atomic E-state index is 0.0386. The molecule has 2 aromatic heterocycles. The van der Waals surface area contributed by atoms with Crippen molar-refractivity contribution in [3.63, 3.8) is 0 Å². The molecule has 10 heteroatoms. The van der Waals surface area contributed by atoms with Crippen LogP contribution in [0.5, 0.6) is 0 Å². The van der Waals surface area contributed by atoms with Gasteiger partial charge in [-0.15, -0.1) is 0 Å². The van der Waals surface area contributed by atoms with Gasteiger partial charge in [0.25, 0.3) is 0 Å². The first-order chi connectivity index (χ1) is 22.5. The van der Waals surface area contributed by atoms with Gasteiger partial charge in [0.2, 0.25) is 0 Å². The second kappa shape index (κ2) is 15.0. The third-order valence-corrected chi connectivity index (χ3v) is 14.8. The molecule has 2 heterocycles. The predicted octanol–water partition coefficient (Wildman–Crippen LogP) is 2.30. The van der Waals surface area contributed by atoms with E-state index in [0.717, 1.165) is 53.2 Å². The summed E-state index contributed by atoms with van der Waals surface area (Å²) in [7, 11) is 0. The molecule has 6 aromatic rings. The zero-order valence-electron chi connectivity index (χ0n) is 25.2. The van der Waals surface area contributed by atoms with E-state index in [-0.39, 0.29) is 38.1 Å². The van der Waals surface area contributed by atoms with E-state index in [2.05, 4.69) is 44.9 Å². The summed E-state index contributed by atoms with van der Waals surface area (Å²) in [6.45, 7) is 0.882. The van der Waals surface area contributed by atoms with Crippen LogP contribution in [-0.2, 0) is 35.5 Å². The molecule has 0 saturated heterocycles. The number of hydrogen-bond donors (Lipinski definition) is 6. The van der Waals surface area contributed by atoms with Crippen molar-refractivity contribution in [3.05, 3.63) is 131 Å². The molecular formula is C36H36N6O2Se2. The van der Waals surface area contributed by atoms with Gasteiger partial charge in [-0.1, -0.05) is 0 Å². The number of benzene rings is 4. The Bertz CT molecular complexity index is 1800. The molecule has 2 atom stereocenters. The molecule has 0 bridgehead atoms. The number of nitrogens with two attached hydrogens (primary N) is 2. The van der Waals surface area contributed by atoms with Gasteiger partial charge in [-0.05, 0) is 0 Å². The first kappa shape index (κ1) is 31.8. The molecule has 0 fully saturated rings. The van der Waals surface area contributed by atoms with Gasteiger partial charge in [0.1, 0.15) is 0 Å². The van der Waals surface area contributed by atoms with Crippen molar-refractivity contribution in [2.75, 3.05) is 0 Å². The number of carbonyl (C=O) groups excluding carboxylic acids is 2. The third kappa shape index (κ3) is 7.62. The number of rotatable bonds is 13. The van der Waals surface area contributed by atoms with Gasteiger partial charge in [-0.3, -0.25) is 0 Å². The van der Waals surface area contributed by atoms with Crippen LogP contribution in [0.25, 0.3) is 21.8 Å². The number of fused-ring (bicyclic) bond motifs is 2. The van der Waals surface area contributed by atoms with Crippen molar-refractivity contribution in [1.29, 1.82) is 0 Å². The summed E-state index contributed by atoms with van der Waals surface area (Å²) in [5.74, 6) is -0.342. The van der Waals surface area contributed by atoms with Gasteiger partial charge >= 0.3 is 280 Å². The molecule has 8 N–H and O–H groups in total. The van der Waals surface area contributed by atoms with E-state index in [1.54, 1.807) is 0 Å². The predicted molar refractivity (Wildman–Crippen MR) is 187 cm³/mol. The Kier molecular flexibility index (Phi) is 10.4. The standard InChI is InChI=1S/C36H36N6O2Se2/c37-29(33(43)39-21-23-11-3-1-4-12-23)19-27-25-15-7-9-17-31(25)41-35(27)45-46-36-28(26-16-8-10-18-32(26)42-36)20-30(38)34(44)40-22-24-13-5-2-6-14-24/h1-18,29-30,41-42H,19-22,37-38H2,(H,39,43)(H,40,44)/t29-,30+. The van der Waals surface area contributed by atoms with Gasteiger partial charge in [0.05, 0.1) is 0 Å². The first-order valence-electron chi connectivity index (χ1n) is 15.1. The molecule has 6 rings (SSSR count). The fraction of sp³-hybridized carbons (Fsp3) is 0.167. The van der Waals surface area contributed by atoms with Crippen LogP contribution in [0.3, 0.4) is 0 Å². The van der Waals surface area contributed by atoms with E-state index in [1.807, 2.05) is 84.9 Å². The van der Waals surface area contributed by atoms with Crippen molar-refractivity contribution < 1.29 is 9.59 Å². The van der Waals surface area contributed by atoms with Crippen LogP contribution in [-0.4, -0.2) is 60.1 Å². The van der Waals surface area contributed by atoms with E-state index in [0.29, 0.717) is 25.9 Å². The number of carbonyl (C=O) groups is 2. The van der Waals surface area contributed by atoms with Crippen molar-refractivity contribution in [3.8, 4) is 0 Å². The van der Waals surface area contributed by atoms with Crippen molar-refractivity contribution in [1.82, 2.24) is 20.6 Å². The third-order valence-electron chi connectivity index (χ3n) is 7.90. The second-order valence-corrected chi connectivity index (χ2v) is 17.2. The van der Waals surface area contributed by atoms with Crippen LogP contribution in [0.15, 0.2) is 109 Å². The summed E-state index contributed by atoms with van der Waals surface area (Å²) in [5, 5.41) is 8.17. The maximum atomic E-state index is 13.0. The average Bonchev–Trinajstić information content (AvgIpc) is 3.63. The Balaban J connectivity index is 1.18. The first-order valence-corrected chi connectivity index (χ1v) is 21.2. The van der Waals surface area contributed by atoms with E-state index in [4.69, 9.17) is 11.5 Å². The summed E-state index contributed by atoms with van der Waals surface area (Å²) in [6, 6.07) is 34.7. The summed E-state index contributed by atoms with van der Waals surface area (Å²) in [6.07, 6.45) is 0.869. The fourth-order valence-corrected chi connectivity index (χ4v) is 12.6. The summed E-state index contributed by atoms with van der Waals surface area (Å²) in [4.78, 5) is 33.3. The van der Waals surface area contributed by atoms with Crippen LogP contribution in [0.1, 0.15) is 22.3 Å². The van der Waals surface area contributed by atoms with Gasteiger partial charge in [0, 0.05) is 0 Å². The Morgan fingerprint density at radius 2 is 0.935 bits per heavy atom. The number of aromatic nitrogens is 2. The Labute approximate surface area is 279 Å². The molecule has 2 amide bonds. The number of nitrogens with one attached hydrogen (secondary N) is 4. The quantitative estimate of drug-likeness (QED) is 0.101. The van der Waals surface area contributed by atoms with Crippen LogP contribution in [0.4, 0.5) is 0 Å². The molecule has 8 nitrogen and oxygen atoms in total. The molecule has 0 aliphatic carbocycles. The topological polar surface area (TPSA) is 142 Å². The van der Waals surface area contributed by atoms with E-state index >= 15 is 0 Å². The molecular weight excluding hydrogens is 706 g/mol. The second-order valence-electron chi connectivity index (χ2n) is 11.2. The molecule has 46 heavy (non-hydrogen) atoms. The molecule has 4 aromatic carbocycles. The zero-order valence-corrected chi connectivity index (χ0v) is 28.6. The molecule has 0 spiro atoms. The van der Waals surface area contributed by atoms with Gasteiger partial charge < -0.3 is 0 Å². The SMILES string of the molecule is N[C@H](Cc1c([Se][Se]c2[nH]c3ccccc3c2C[C@H](N)C(=O)NCc2ccccc2)[nH]c2ccccc12)C(=O)NCc1ccccc1. The minimum atomic E-state index is -0.680. The van der Waals surface area contributed by atoms with E-state index in [1.165, 1.54) is 0 Å². The van der Waals surface area contributed by atoms with Crippen molar-refractivity contribution in [2.24, 2.45) is 11.5 Å². The molecule has 0 radical (unpaired) electrons. The Morgan fingerprint density at radius 3 is 1.35 bits per heavy atom. The van der Waals surface area contributed by atoms with Gasteiger partial charge in [0.15, 0.2) is 0 Å². The van der Waals surface area contributed by atoms with Crippen LogP contribution >= 0.6 is 0 Å². The molecule has 234 valence electrons. The molecule has 0 aliphatic heterocycles. The maximum absolute atomic E-state index is 13.0. The Morgan fingerprint density at radius 1 is 0.565 bits per heavy atom. The monoisotopic (exact) mass is 744 g/mol. The number of para-hydroxylation sites is 2. The number of aromatic amines is 2. The van der Waals surface area contributed by atoms with Crippen LogP contribution in [0, 0.1) is 0 Å². The van der Waals surface area contributed by atoms with Crippen molar-refractivity contribution >= 4 is 69.1 Å². The molecule has 0 saturated carbocycles. The fourth-order valence-electron chi connectivity index (χ4n) is 5.44. The van der Waals surface area contributed by atoms with Crippen LogP contribution in [0.2, 0.25) is 0 Å². The summed E-state index contributed by atoms with van der Waals surface area (Å²) in [5.41, 5.74) is 19.3. The van der Waals surface area contributed by atoms with E-state index < -0.39 is 12.1 Å². The zero-order chi connectivity index (χ0) is 31.9. The Hall–Kier alpha value is -4.14.